The minimum absolute atomic E-state index is 0.258. The second-order valence-electron chi connectivity index (χ2n) is 2.41. The van der Waals surface area contributed by atoms with Crippen molar-refractivity contribution >= 4 is 0 Å². The molecule has 0 aromatic carbocycles. The Hall–Kier alpha value is -0.870. The van der Waals surface area contributed by atoms with Gasteiger partial charge in [0.15, 0.2) is 0 Å². The van der Waals surface area contributed by atoms with Crippen LogP contribution in [0, 0.1) is 0 Å². The predicted molar refractivity (Wildman–Crippen MR) is 37.8 cm³/mol. The lowest BCUT2D eigenvalue weighted by Gasteiger charge is -2.23. The van der Waals surface area contributed by atoms with Gasteiger partial charge in [-0.15, -0.1) is 0 Å². The van der Waals surface area contributed by atoms with Crippen LogP contribution in [-0.2, 0) is 9.47 Å². The lowest BCUT2D eigenvalue weighted by Crippen LogP contribution is -2.22. The molecular formula is C7H10N2O2. The molecule has 4 heteroatoms. The third-order valence-corrected chi connectivity index (χ3v) is 1.58. The molecule has 0 bridgehead atoms. The Labute approximate surface area is 64.8 Å². The zero-order chi connectivity index (χ0) is 7.52. The number of aromatic nitrogens is 2. The molecule has 1 aromatic heterocycles. The molecule has 1 fully saturated rings. The van der Waals surface area contributed by atoms with E-state index in [1.807, 2.05) is 6.20 Å². The van der Waals surface area contributed by atoms with Gasteiger partial charge in [0, 0.05) is 12.4 Å². The largest absolute Gasteiger partial charge is 0.335 e. The Bertz CT molecular complexity index is 204. The van der Waals surface area contributed by atoms with Crippen LogP contribution in [-0.4, -0.2) is 22.8 Å². The second-order valence-corrected chi connectivity index (χ2v) is 2.41. The summed E-state index contributed by atoms with van der Waals surface area (Å²) in [7, 11) is 0. The molecule has 0 amide bonds. The fourth-order valence-electron chi connectivity index (χ4n) is 1.04. The first-order chi connectivity index (χ1) is 5.47. The molecule has 1 aliphatic heterocycles. The van der Waals surface area contributed by atoms with Crippen LogP contribution in [0.4, 0.5) is 0 Å². The van der Waals surface area contributed by atoms with E-state index in [1.165, 1.54) is 0 Å². The van der Waals surface area contributed by atoms with Crippen molar-refractivity contribution in [3.8, 4) is 0 Å². The highest BCUT2D eigenvalue weighted by molar-refractivity contribution is 4.74. The van der Waals surface area contributed by atoms with Gasteiger partial charge in [0.1, 0.15) is 0 Å². The molecule has 0 aliphatic carbocycles. The van der Waals surface area contributed by atoms with Crippen molar-refractivity contribution in [1.29, 1.82) is 0 Å². The lowest BCUT2D eigenvalue weighted by molar-refractivity contribution is -0.223. The van der Waals surface area contributed by atoms with E-state index in [0.29, 0.717) is 0 Å². The van der Waals surface area contributed by atoms with Gasteiger partial charge >= 0.3 is 0 Å². The van der Waals surface area contributed by atoms with Crippen LogP contribution in [0.15, 0.2) is 18.7 Å². The highest BCUT2D eigenvalue weighted by Crippen LogP contribution is 2.14. The minimum atomic E-state index is -0.258. The Morgan fingerprint density at radius 1 is 1.36 bits per heavy atom. The van der Waals surface area contributed by atoms with Crippen molar-refractivity contribution in [2.24, 2.45) is 0 Å². The third-order valence-electron chi connectivity index (χ3n) is 1.58. The Morgan fingerprint density at radius 2 is 2.18 bits per heavy atom. The molecule has 4 nitrogen and oxygen atoms in total. The van der Waals surface area contributed by atoms with Crippen LogP contribution in [0.1, 0.15) is 12.8 Å². The number of ether oxygens (including phenoxy) is 2. The van der Waals surface area contributed by atoms with Crippen molar-refractivity contribution in [2.45, 2.75) is 12.8 Å². The average Bonchev–Trinajstić information content (AvgIpc) is 2.58. The molecule has 1 saturated heterocycles. The highest BCUT2D eigenvalue weighted by Gasteiger charge is 2.14. The number of hydrogen-bond acceptors (Lipinski definition) is 3. The van der Waals surface area contributed by atoms with Crippen molar-refractivity contribution in [2.75, 3.05) is 13.2 Å². The molecular weight excluding hydrogens is 144 g/mol. The van der Waals surface area contributed by atoms with E-state index < -0.39 is 0 Å². The van der Waals surface area contributed by atoms with Gasteiger partial charge in [0.2, 0.25) is 6.41 Å². The SMILES string of the molecule is c1cn(C2OCCCO2)cn1. The van der Waals surface area contributed by atoms with E-state index in [1.54, 1.807) is 17.1 Å². The molecule has 0 unspecified atom stereocenters. The molecule has 2 heterocycles. The third kappa shape index (κ3) is 1.41. The summed E-state index contributed by atoms with van der Waals surface area (Å²) in [5.41, 5.74) is 0. The second kappa shape index (κ2) is 3.02. The van der Waals surface area contributed by atoms with E-state index in [2.05, 4.69) is 4.98 Å². The fraction of sp³-hybridized carbons (Fsp3) is 0.571. The zero-order valence-electron chi connectivity index (χ0n) is 6.14. The normalized spacial score (nSPS) is 20.4. The van der Waals surface area contributed by atoms with E-state index in [9.17, 15) is 0 Å². The molecule has 0 saturated carbocycles. The maximum absolute atomic E-state index is 5.32. The van der Waals surface area contributed by atoms with Gasteiger partial charge in [-0.3, -0.25) is 4.57 Å². The lowest BCUT2D eigenvalue weighted by atomic mass is 10.5. The highest BCUT2D eigenvalue weighted by atomic mass is 16.7. The van der Waals surface area contributed by atoms with Gasteiger partial charge in [0.25, 0.3) is 0 Å². The molecule has 60 valence electrons. The number of imidazole rings is 1. The topological polar surface area (TPSA) is 36.3 Å². The first-order valence-electron chi connectivity index (χ1n) is 3.67. The van der Waals surface area contributed by atoms with Gasteiger partial charge in [-0.2, -0.15) is 0 Å². The summed E-state index contributed by atoms with van der Waals surface area (Å²) in [5.74, 6) is 0. The summed E-state index contributed by atoms with van der Waals surface area (Å²) in [6, 6.07) is 0. The molecule has 2 rings (SSSR count). The standard InChI is InChI=1S/C7H10N2O2/c1-4-10-7(11-5-1)9-3-2-8-6-9/h2-3,6-7H,1,4-5H2. The first-order valence-corrected chi connectivity index (χ1v) is 3.67. The number of nitrogens with zero attached hydrogens (tertiary/aromatic N) is 2. The van der Waals surface area contributed by atoms with Crippen molar-refractivity contribution in [1.82, 2.24) is 9.55 Å². The van der Waals surface area contributed by atoms with E-state index in [-0.39, 0.29) is 6.41 Å². The summed E-state index contributed by atoms with van der Waals surface area (Å²) in [5, 5.41) is 0. The van der Waals surface area contributed by atoms with Crippen LogP contribution >= 0.6 is 0 Å². The smallest absolute Gasteiger partial charge is 0.245 e. The maximum Gasteiger partial charge on any atom is 0.245 e. The number of hydrogen-bond donors (Lipinski definition) is 0. The van der Waals surface area contributed by atoms with E-state index in [0.717, 1.165) is 19.6 Å². The molecule has 1 aliphatic rings. The van der Waals surface area contributed by atoms with Gasteiger partial charge in [-0.05, 0) is 6.42 Å². The maximum atomic E-state index is 5.32. The molecule has 0 radical (unpaired) electrons. The van der Waals surface area contributed by atoms with Crippen molar-refractivity contribution in [3.05, 3.63) is 18.7 Å². The molecule has 11 heavy (non-hydrogen) atoms. The summed E-state index contributed by atoms with van der Waals surface area (Å²) in [4.78, 5) is 3.90. The van der Waals surface area contributed by atoms with Crippen molar-refractivity contribution in [3.63, 3.8) is 0 Å². The van der Waals surface area contributed by atoms with Gasteiger partial charge in [-0.25, -0.2) is 4.98 Å². The molecule has 1 aromatic rings. The zero-order valence-corrected chi connectivity index (χ0v) is 6.14. The van der Waals surface area contributed by atoms with Gasteiger partial charge in [0.05, 0.1) is 19.5 Å². The molecule has 0 N–H and O–H groups in total. The predicted octanol–water partition coefficient (Wildman–Crippen LogP) is 0.776. The van der Waals surface area contributed by atoms with Gasteiger partial charge in [-0.1, -0.05) is 0 Å². The van der Waals surface area contributed by atoms with Crippen LogP contribution in [0.2, 0.25) is 0 Å². The summed E-state index contributed by atoms with van der Waals surface area (Å²) in [6.07, 6.45) is 5.95. The number of rotatable bonds is 1. The summed E-state index contributed by atoms with van der Waals surface area (Å²) < 4.78 is 12.5. The fourth-order valence-corrected chi connectivity index (χ4v) is 1.04. The summed E-state index contributed by atoms with van der Waals surface area (Å²) >= 11 is 0. The Balaban J connectivity index is 2.04. The summed E-state index contributed by atoms with van der Waals surface area (Å²) in [6.45, 7) is 1.53. The monoisotopic (exact) mass is 154 g/mol. The molecule has 0 spiro atoms. The quantitative estimate of drug-likeness (QED) is 0.599. The first kappa shape index (κ1) is 6.82. The Kier molecular flexibility index (Phi) is 1.87. The van der Waals surface area contributed by atoms with Gasteiger partial charge < -0.3 is 9.47 Å². The van der Waals surface area contributed by atoms with Crippen LogP contribution < -0.4 is 0 Å². The van der Waals surface area contributed by atoms with Crippen LogP contribution in [0.5, 0.6) is 0 Å². The Morgan fingerprint density at radius 3 is 2.82 bits per heavy atom. The van der Waals surface area contributed by atoms with Crippen LogP contribution in [0.3, 0.4) is 0 Å². The van der Waals surface area contributed by atoms with Crippen molar-refractivity contribution < 1.29 is 9.47 Å². The average molecular weight is 154 g/mol. The van der Waals surface area contributed by atoms with Crippen LogP contribution in [0.25, 0.3) is 0 Å². The minimum Gasteiger partial charge on any atom is -0.335 e. The molecule has 0 atom stereocenters. The van der Waals surface area contributed by atoms with E-state index in [4.69, 9.17) is 9.47 Å². The van der Waals surface area contributed by atoms with E-state index >= 15 is 0 Å².